The van der Waals surface area contributed by atoms with E-state index in [9.17, 15) is 9.59 Å². The van der Waals surface area contributed by atoms with Gasteiger partial charge in [0.05, 0.1) is 0 Å². The molecule has 1 N–H and O–H groups in total. The molecule has 0 atom stereocenters. The first-order valence-corrected chi connectivity index (χ1v) is 9.00. The molecule has 0 saturated heterocycles. The van der Waals surface area contributed by atoms with Gasteiger partial charge in [0, 0.05) is 38.1 Å². The van der Waals surface area contributed by atoms with E-state index < -0.39 is 0 Å². The number of ketones is 1. The van der Waals surface area contributed by atoms with E-state index >= 15 is 0 Å². The molecule has 0 bridgehead atoms. The Morgan fingerprint density at radius 2 is 1.33 bits per heavy atom. The van der Waals surface area contributed by atoms with Gasteiger partial charge < -0.3 is 4.98 Å². The van der Waals surface area contributed by atoms with Crippen molar-refractivity contribution in [3.63, 3.8) is 0 Å². The SMILES string of the molecule is O=C(c1ccc(Cl)cc1)c1ccc2[nH]c(=O)cc(-c3ccc(Cl)cc3)c2c1. The Morgan fingerprint density at radius 3 is 2.00 bits per heavy atom. The number of fused-ring (bicyclic) bond motifs is 1. The maximum Gasteiger partial charge on any atom is 0.249 e. The number of rotatable bonds is 3. The predicted octanol–water partition coefficient (Wildman–Crippen LogP) is 5.73. The summed E-state index contributed by atoms with van der Waals surface area (Å²) in [6, 6.07) is 20.8. The van der Waals surface area contributed by atoms with Gasteiger partial charge in [0.25, 0.3) is 0 Å². The van der Waals surface area contributed by atoms with Gasteiger partial charge in [-0.1, -0.05) is 35.3 Å². The first-order chi connectivity index (χ1) is 13.0. The molecule has 0 saturated carbocycles. The molecule has 1 heterocycles. The summed E-state index contributed by atoms with van der Waals surface area (Å²) in [7, 11) is 0. The summed E-state index contributed by atoms with van der Waals surface area (Å²) in [5.74, 6) is -0.109. The van der Waals surface area contributed by atoms with E-state index in [0.717, 1.165) is 16.5 Å². The Labute approximate surface area is 165 Å². The van der Waals surface area contributed by atoms with Crippen LogP contribution in [0.4, 0.5) is 0 Å². The van der Waals surface area contributed by atoms with Crippen molar-refractivity contribution in [2.24, 2.45) is 0 Å². The second kappa shape index (κ2) is 7.03. The van der Waals surface area contributed by atoms with Crippen LogP contribution >= 0.6 is 23.2 Å². The highest BCUT2D eigenvalue weighted by atomic mass is 35.5. The summed E-state index contributed by atoms with van der Waals surface area (Å²) < 4.78 is 0. The molecule has 4 rings (SSSR count). The number of benzene rings is 3. The smallest absolute Gasteiger partial charge is 0.249 e. The molecule has 0 amide bonds. The highest BCUT2D eigenvalue weighted by Gasteiger charge is 2.13. The lowest BCUT2D eigenvalue weighted by atomic mass is 9.97. The third-order valence-electron chi connectivity index (χ3n) is 4.37. The molecule has 0 aliphatic carbocycles. The molecule has 5 heteroatoms. The Balaban J connectivity index is 1.88. The minimum Gasteiger partial charge on any atom is -0.322 e. The van der Waals surface area contributed by atoms with Crippen LogP contribution in [0, 0.1) is 0 Å². The maximum atomic E-state index is 12.8. The van der Waals surface area contributed by atoms with Crippen LogP contribution in [-0.2, 0) is 0 Å². The van der Waals surface area contributed by atoms with Crippen molar-refractivity contribution in [3.8, 4) is 11.1 Å². The molecule has 3 aromatic carbocycles. The second-order valence-electron chi connectivity index (χ2n) is 6.15. The molecule has 0 radical (unpaired) electrons. The number of halogens is 2. The Bertz CT molecular complexity index is 1210. The van der Waals surface area contributed by atoms with E-state index in [1.54, 1.807) is 54.6 Å². The molecular weight excluding hydrogens is 381 g/mol. The fourth-order valence-corrected chi connectivity index (χ4v) is 3.28. The lowest BCUT2D eigenvalue weighted by Crippen LogP contribution is -2.06. The van der Waals surface area contributed by atoms with Crippen molar-refractivity contribution in [2.45, 2.75) is 0 Å². The van der Waals surface area contributed by atoms with Crippen molar-refractivity contribution in [2.75, 3.05) is 0 Å². The van der Waals surface area contributed by atoms with E-state index in [-0.39, 0.29) is 11.3 Å². The predicted molar refractivity (Wildman–Crippen MR) is 110 cm³/mol. The number of aromatic amines is 1. The van der Waals surface area contributed by atoms with Gasteiger partial charge in [-0.2, -0.15) is 0 Å². The molecule has 1 aromatic heterocycles. The summed E-state index contributed by atoms with van der Waals surface area (Å²) in [4.78, 5) is 27.7. The topological polar surface area (TPSA) is 49.9 Å². The molecule has 0 fully saturated rings. The van der Waals surface area contributed by atoms with Crippen molar-refractivity contribution in [1.82, 2.24) is 4.98 Å². The number of carbonyl (C=O) groups excluding carboxylic acids is 1. The number of pyridine rings is 1. The third kappa shape index (κ3) is 3.52. The zero-order valence-corrected chi connectivity index (χ0v) is 15.5. The second-order valence-corrected chi connectivity index (χ2v) is 7.02. The Kier molecular flexibility index (Phi) is 4.56. The zero-order chi connectivity index (χ0) is 19.0. The summed E-state index contributed by atoms with van der Waals surface area (Å²) in [5.41, 5.74) is 3.15. The largest absolute Gasteiger partial charge is 0.322 e. The maximum absolute atomic E-state index is 12.8. The average Bonchev–Trinajstić information content (AvgIpc) is 2.68. The van der Waals surface area contributed by atoms with Crippen LogP contribution in [0.3, 0.4) is 0 Å². The number of aromatic nitrogens is 1. The molecule has 3 nitrogen and oxygen atoms in total. The molecular formula is C22H13Cl2NO2. The van der Waals surface area contributed by atoms with Crippen molar-refractivity contribution < 1.29 is 4.79 Å². The van der Waals surface area contributed by atoms with Crippen LogP contribution < -0.4 is 5.56 Å². The van der Waals surface area contributed by atoms with Crippen LogP contribution in [0.25, 0.3) is 22.0 Å². The van der Waals surface area contributed by atoms with E-state index in [0.29, 0.717) is 26.7 Å². The Hall–Kier alpha value is -2.88. The molecule has 4 aromatic rings. The van der Waals surface area contributed by atoms with Gasteiger partial charge in [-0.25, -0.2) is 0 Å². The summed E-state index contributed by atoms with van der Waals surface area (Å²) in [5, 5.41) is 1.98. The lowest BCUT2D eigenvalue weighted by Gasteiger charge is -2.09. The van der Waals surface area contributed by atoms with Gasteiger partial charge in [0.2, 0.25) is 5.56 Å². The molecule has 27 heavy (non-hydrogen) atoms. The number of hydrogen-bond acceptors (Lipinski definition) is 2. The van der Waals surface area contributed by atoms with Crippen molar-refractivity contribution in [1.29, 1.82) is 0 Å². The fraction of sp³-hybridized carbons (Fsp3) is 0. The van der Waals surface area contributed by atoms with Crippen LogP contribution in [-0.4, -0.2) is 10.8 Å². The summed E-state index contributed by atoms with van der Waals surface area (Å²) >= 11 is 11.9. The molecule has 0 aliphatic rings. The summed E-state index contributed by atoms with van der Waals surface area (Å²) in [6.45, 7) is 0. The van der Waals surface area contributed by atoms with Gasteiger partial charge in [-0.05, 0) is 65.7 Å². The van der Waals surface area contributed by atoms with Crippen LogP contribution in [0.15, 0.2) is 77.6 Å². The monoisotopic (exact) mass is 393 g/mol. The van der Waals surface area contributed by atoms with Crippen LogP contribution in [0.1, 0.15) is 15.9 Å². The molecule has 0 aliphatic heterocycles. The Morgan fingerprint density at radius 1 is 0.741 bits per heavy atom. The zero-order valence-electron chi connectivity index (χ0n) is 14.0. The quantitative estimate of drug-likeness (QED) is 0.451. The van der Waals surface area contributed by atoms with E-state index in [1.165, 1.54) is 6.07 Å². The molecule has 132 valence electrons. The molecule has 0 spiro atoms. The van der Waals surface area contributed by atoms with Gasteiger partial charge in [0.1, 0.15) is 0 Å². The number of H-pyrrole nitrogens is 1. The summed E-state index contributed by atoms with van der Waals surface area (Å²) in [6.07, 6.45) is 0. The number of nitrogens with one attached hydrogen (secondary N) is 1. The van der Waals surface area contributed by atoms with E-state index in [1.807, 2.05) is 12.1 Å². The van der Waals surface area contributed by atoms with Crippen molar-refractivity contribution >= 4 is 39.9 Å². The number of carbonyl (C=O) groups is 1. The van der Waals surface area contributed by atoms with Crippen molar-refractivity contribution in [3.05, 3.63) is 104 Å². The number of hydrogen-bond donors (Lipinski definition) is 1. The van der Waals surface area contributed by atoms with E-state index in [2.05, 4.69) is 4.98 Å². The minimum atomic E-state index is -0.204. The van der Waals surface area contributed by atoms with Gasteiger partial charge in [-0.15, -0.1) is 0 Å². The van der Waals surface area contributed by atoms with Gasteiger partial charge in [0.15, 0.2) is 5.78 Å². The van der Waals surface area contributed by atoms with E-state index in [4.69, 9.17) is 23.2 Å². The first kappa shape index (κ1) is 17.5. The molecule has 0 unspecified atom stereocenters. The minimum absolute atomic E-state index is 0.109. The van der Waals surface area contributed by atoms with Gasteiger partial charge >= 0.3 is 0 Å². The lowest BCUT2D eigenvalue weighted by molar-refractivity contribution is 0.103. The normalized spacial score (nSPS) is 10.9. The first-order valence-electron chi connectivity index (χ1n) is 8.24. The highest BCUT2D eigenvalue weighted by Crippen LogP contribution is 2.28. The van der Waals surface area contributed by atoms with Crippen LogP contribution in [0.2, 0.25) is 10.0 Å². The third-order valence-corrected chi connectivity index (χ3v) is 4.87. The highest BCUT2D eigenvalue weighted by molar-refractivity contribution is 6.31. The van der Waals surface area contributed by atoms with Gasteiger partial charge in [-0.3, -0.25) is 9.59 Å². The fourth-order valence-electron chi connectivity index (χ4n) is 3.03. The van der Waals surface area contributed by atoms with Crippen LogP contribution in [0.5, 0.6) is 0 Å². The standard InChI is InChI=1S/C22H13Cl2NO2/c23-16-6-1-13(2-7-16)18-12-21(26)25-20-10-5-15(11-19(18)20)22(27)14-3-8-17(24)9-4-14/h1-12H,(H,25,26). The average molecular weight is 394 g/mol.